The van der Waals surface area contributed by atoms with Crippen LogP contribution in [0.4, 0.5) is 0 Å². The SMILES string of the molecule is CC(C)[C@H](NC(=O)CN1C(=O)[C@H]2CCCC[C@@H]2C1=O)c1cccs1. The maximum absolute atomic E-state index is 12.5. The van der Waals surface area contributed by atoms with Crippen LogP contribution in [0.1, 0.15) is 50.4 Å². The number of rotatable bonds is 5. The molecule has 0 unspecified atom stereocenters. The second-order valence-corrected chi connectivity index (χ2v) is 8.04. The minimum absolute atomic E-state index is 0.0902. The molecule has 1 aromatic heterocycles. The molecular weight excluding hydrogens is 324 g/mol. The number of imide groups is 1. The summed E-state index contributed by atoms with van der Waals surface area (Å²) in [6.07, 6.45) is 3.54. The van der Waals surface area contributed by atoms with Crippen molar-refractivity contribution in [2.24, 2.45) is 17.8 Å². The van der Waals surface area contributed by atoms with Gasteiger partial charge in [0.2, 0.25) is 17.7 Å². The molecule has 130 valence electrons. The minimum Gasteiger partial charge on any atom is -0.347 e. The van der Waals surface area contributed by atoms with Crippen LogP contribution < -0.4 is 5.32 Å². The third-order valence-electron chi connectivity index (χ3n) is 5.07. The topological polar surface area (TPSA) is 66.5 Å². The number of amides is 3. The summed E-state index contributed by atoms with van der Waals surface area (Å²) in [4.78, 5) is 39.6. The average molecular weight is 348 g/mol. The highest BCUT2D eigenvalue weighted by Gasteiger charge is 2.48. The monoisotopic (exact) mass is 348 g/mol. The molecule has 2 fully saturated rings. The number of nitrogens with zero attached hydrogens (tertiary/aromatic N) is 1. The minimum atomic E-state index is -0.262. The zero-order valence-electron chi connectivity index (χ0n) is 14.2. The Morgan fingerprint density at radius 1 is 1.25 bits per heavy atom. The van der Waals surface area contributed by atoms with Crippen LogP contribution in [0.5, 0.6) is 0 Å². The van der Waals surface area contributed by atoms with Crippen LogP contribution in [0.15, 0.2) is 17.5 Å². The van der Waals surface area contributed by atoms with Crippen molar-refractivity contribution < 1.29 is 14.4 Å². The van der Waals surface area contributed by atoms with E-state index in [1.807, 2.05) is 31.4 Å². The summed E-state index contributed by atoms with van der Waals surface area (Å²) in [6, 6.07) is 3.86. The van der Waals surface area contributed by atoms with Gasteiger partial charge in [-0.2, -0.15) is 0 Å². The molecule has 3 atom stereocenters. The van der Waals surface area contributed by atoms with E-state index >= 15 is 0 Å². The molecule has 6 heteroatoms. The fourth-order valence-corrected chi connectivity index (χ4v) is 4.73. The number of likely N-dealkylation sites (tertiary alicyclic amines) is 1. The lowest BCUT2D eigenvalue weighted by molar-refractivity contribution is -0.143. The van der Waals surface area contributed by atoms with Gasteiger partial charge in [0.25, 0.3) is 0 Å². The van der Waals surface area contributed by atoms with E-state index in [1.54, 1.807) is 11.3 Å². The van der Waals surface area contributed by atoms with Crippen LogP contribution >= 0.6 is 11.3 Å². The number of hydrogen-bond acceptors (Lipinski definition) is 4. The van der Waals surface area contributed by atoms with Gasteiger partial charge in [-0.3, -0.25) is 19.3 Å². The first-order valence-corrected chi connectivity index (χ1v) is 9.55. The number of thiophene rings is 1. The normalized spacial score (nSPS) is 25.0. The highest BCUT2D eigenvalue weighted by atomic mass is 32.1. The quantitative estimate of drug-likeness (QED) is 0.832. The highest BCUT2D eigenvalue weighted by molar-refractivity contribution is 7.10. The fraction of sp³-hybridized carbons (Fsp3) is 0.611. The van der Waals surface area contributed by atoms with Crippen molar-refractivity contribution in [3.63, 3.8) is 0 Å². The maximum atomic E-state index is 12.5. The van der Waals surface area contributed by atoms with Crippen molar-refractivity contribution in [2.75, 3.05) is 6.54 Å². The molecule has 1 aromatic rings. The van der Waals surface area contributed by atoms with Crippen LogP contribution in [-0.4, -0.2) is 29.2 Å². The van der Waals surface area contributed by atoms with Crippen LogP contribution in [-0.2, 0) is 14.4 Å². The Labute approximate surface area is 146 Å². The lowest BCUT2D eigenvalue weighted by Crippen LogP contribution is -2.42. The molecular formula is C18H24N2O3S. The first-order valence-electron chi connectivity index (χ1n) is 8.67. The van der Waals surface area contributed by atoms with Gasteiger partial charge >= 0.3 is 0 Å². The van der Waals surface area contributed by atoms with Crippen LogP contribution in [0, 0.1) is 17.8 Å². The van der Waals surface area contributed by atoms with Gasteiger partial charge in [-0.15, -0.1) is 11.3 Å². The Kier molecular flexibility index (Phi) is 5.04. The van der Waals surface area contributed by atoms with Crippen molar-refractivity contribution >= 4 is 29.1 Å². The predicted molar refractivity (Wildman–Crippen MR) is 92.2 cm³/mol. The van der Waals surface area contributed by atoms with Gasteiger partial charge in [0.15, 0.2) is 0 Å². The highest BCUT2D eigenvalue weighted by Crippen LogP contribution is 2.37. The smallest absolute Gasteiger partial charge is 0.240 e. The summed E-state index contributed by atoms with van der Waals surface area (Å²) in [5, 5.41) is 4.97. The van der Waals surface area contributed by atoms with Gasteiger partial charge in [-0.25, -0.2) is 0 Å². The van der Waals surface area contributed by atoms with E-state index in [1.165, 1.54) is 4.90 Å². The van der Waals surface area contributed by atoms with Crippen LogP contribution in [0.25, 0.3) is 0 Å². The number of nitrogens with one attached hydrogen (secondary N) is 1. The Hall–Kier alpha value is -1.69. The molecule has 0 bridgehead atoms. The van der Waals surface area contributed by atoms with E-state index in [9.17, 15) is 14.4 Å². The molecule has 0 spiro atoms. The second kappa shape index (κ2) is 7.05. The fourth-order valence-electron chi connectivity index (χ4n) is 3.78. The Morgan fingerprint density at radius 3 is 2.38 bits per heavy atom. The molecule has 1 N–H and O–H groups in total. The van der Waals surface area contributed by atoms with Gasteiger partial charge in [0.05, 0.1) is 17.9 Å². The third-order valence-corrected chi connectivity index (χ3v) is 6.02. The zero-order valence-corrected chi connectivity index (χ0v) is 15.0. The van der Waals surface area contributed by atoms with E-state index in [0.717, 1.165) is 30.6 Å². The summed E-state index contributed by atoms with van der Waals surface area (Å²) in [5.41, 5.74) is 0. The van der Waals surface area contributed by atoms with Gasteiger partial charge < -0.3 is 5.32 Å². The van der Waals surface area contributed by atoms with E-state index in [0.29, 0.717) is 0 Å². The summed E-state index contributed by atoms with van der Waals surface area (Å²) >= 11 is 1.60. The Morgan fingerprint density at radius 2 is 1.88 bits per heavy atom. The summed E-state index contributed by atoms with van der Waals surface area (Å²) in [7, 11) is 0. The van der Waals surface area contributed by atoms with Crippen LogP contribution in [0.3, 0.4) is 0 Å². The molecule has 0 radical (unpaired) electrons. The maximum Gasteiger partial charge on any atom is 0.240 e. The first-order chi connectivity index (χ1) is 11.5. The zero-order chi connectivity index (χ0) is 17.3. The molecule has 1 saturated heterocycles. The van der Waals surface area contributed by atoms with Crippen molar-refractivity contribution in [2.45, 2.75) is 45.6 Å². The molecule has 1 aliphatic carbocycles. The number of carbonyl (C=O) groups excluding carboxylic acids is 3. The standard InChI is InChI=1S/C18H24N2O3S/c1-11(2)16(14-8-5-9-24-14)19-15(21)10-20-17(22)12-6-3-4-7-13(12)18(20)23/h5,8-9,11-13,16H,3-4,6-7,10H2,1-2H3,(H,19,21)/t12-,13-,16-/m0/s1. The van der Waals surface area contributed by atoms with E-state index in [-0.39, 0.29) is 48.1 Å². The van der Waals surface area contributed by atoms with E-state index in [4.69, 9.17) is 0 Å². The predicted octanol–water partition coefficient (Wildman–Crippen LogP) is 2.74. The molecule has 2 heterocycles. The largest absolute Gasteiger partial charge is 0.347 e. The van der Waals surface area contributed by atoms with Gasteiger partial charge in [-0.05, 0) is 30.2 Å². The molecule has 3 rings (SSSR count). The summed E-state index contributed by atoms with van der Waals surface area (Å²) < 4.78 is 0. The Bertz CT molecular complexity index is 602. The number of hydrogen-bond donors (Lipinski definition) is 1. The number of fused-ring (bicyclic) bond motifs is 1. The van der Waals surface area contributed by atoms with Crippen molar-refractivity contribution in [1.82, 2.24) is 10.2 Å². The second-order valence-electron chi connectivity index (χ2n) is 7.06. The van der Waals surface area contributed by atoms with Crippen molar-refractivity contribution in [3.8, 4) is 0 Å². The molecule has 3 amide bonds. The van der Waals surface area contributed by atoms with Crippen LogP contribution in [0.2, 0.25) is 0 Å². The first kappa shape index (κ1) is 17.1. The third kappa shape index (κ3) is 3.24. The van der Waals surface area contributed by atoms with Gasteiger partial charge in [0, 0.05) is 4.88 Å². The summed E-state index contributed by atoms with van der Waals surface area (Å²) in [6.45, 7) is 3.94. The lowest BCUT2D eigenvalue weighted by atomic mass is 9.81. The molecule has 5 nitrogen and oxygen atoms in total. The van der Waals surface area contributed by atoms with Gasteiger partial charge in [-0.1, -0.05) is 32.8 Å². The summed E-state index contributed by atoms with van der Waals surface area (Å²) in [5.74, 6) is -0.730. The molecule has 1 saturated carbocycles. The average Bonchev–Trinajstić information content (AvgIpc) is 3.16. The molecule has 2 aliphatic rings. The molecule has 0 aromatic carbocycles. The van der Waals surface area contributed by atoms with E-state index < -0.39 is 0 Å². The lowest BCUT2D eigenvalue weighted by Gasteiger charge is -2.23. The van der Waals surface area contributed by atoms with Gasteiger partial charge in [0.1, 0.15) is 6.54 Å². The Balaban J connectivity index is 1.66. The number of carbonyl (C=O) groups is 3. The van der Waals surface area contributed by atoms with Crippen molar-refractivity contribution in [1.29, 1.82) is 0 Å². The van der Waals surface area contributed by atoms with Crippen molar-refractivity contribution in [3.05, 3.63) is 22.4 Å². The van der Waals surface area contributed by atoms with E-state index in [2.05, 4.69) is 5.32 Å². The molecule has 24 heavy (non-hydrogen) atoms. The molecule has 1 aliphatic heterocycles.